The van der Waals surface area contributed by atoms with Gasteiger partial charge in [-0.3, -0.25) is 0 Å². The molecule has 0 radical (unpaired) electrons. The Kier molecular flexibility index (Phi) is 5.52. The van der Waals surface area contributed by atoms with Crippen LogP contribution in [0.1, 0.15) is 47.0 Å². The van der Waals surface area contributed by atoms with E-state index >= 15 is 0 Å². The standard InChI is InChI=1S/C14H24/c1-7-8-9-12(2)10-11-13(3)14(4,5)6/h10-11H,2-3,7-9H2,1,4-6H3. The first-order chi connectivity index (χ1) is 6.38. The third-order valence-corrected chi connectivity index (χ3v) is 2.34. The molecule has 0 nitrogen and oxygen atoms in total. The van der Waals surface area contributed by atoms with Crippen molar-refractivity contribution in [1.82, 2.24) is 0 Å². The minimum atomic E-state index is 0.168. The van der Waals surface area contributed by atoms with Gasteiger partial charge in [0.25, 0.3) is 0 Å². The van der Waals surface area contributed by atoms with E-state index in [0.29, 0.717) is 0 Å². The van der Waals surface area contributed by atoms with Gasteiger partial charge in [-0.05, 0) is 23.8 Å². The molecule has 0 aliphatic heterocycles. The molecule has 0 rings (SSSR count). The normalized spacial score (nSPS) is 12.0. The van der Waals surface area contributed by atoms with E-state index in [4.69, 9.17) is 0 Å². The van der Waals surface area contributed by atoms with Crippen LogP contribution in [0.3, 0.4) is 0 Å². The lowest BCUT2D eigenvalue weighted by molar-refractivity contribution is 0.519. The zero-order chi connectivity index (χ0) is 11.2. The van der Waals surface area contributed by atoms with Crippen molar-refractivity contribution >= 4 is 0 Å². The highest BCUT2D eigenvalue weighted by Gasteiger charge is 2.11. The van der Waals surface area contributed by atoms with E-state index in [0.717, 1.165) is 12.0 Å². The van der Waals surface area contributed by atoms with Gasteiger partial charge >= 0.3 is 0 Å². The molecule has 0 aromatic rings. The molecule has 0 aliphatic rings. The van der Waals surface area contributed by atoms with Gasteiger partial charge in [-0.1, -0.05) is 65.0 Å². The second kappa shape index (κ2) is 5.85. The van der Waals surface area contributed by atoms with E-state index in [1.165, 1.54) is 18.4 Å². The Morgan fingerprint density at radius 3 is 2.14 bits per heavy atom. The lowest BCUT2D eigenvalue weighted by Gasteiger charge is -2.18. The lowest BCUT2D eigenvalue weighted by atomic mass is 9.87. The van der Waals surface area contributed by atoms with Gasteiger partial charge in [-0.2, -0.15) is 0 Å². The van der Waals surface area contributed by atoms with Crippen LogP contribution in [-0.2, 0) is 0 Å². The Bertz CT molecular complexity index is 223. The van der Waals surface area contributed by atoms with Gasteiger partial charge in [0.2, 0.25) is 0 Å². The van der Waals surface area contributed by atoms with Gasteiger partial charge in [-0.25, -0.2) is 0 Å². The minimum Gasteiger partial charge on any atom is -0.0958 e. The molecule has 0 amide bonds. The zero-order valence-corrected chi connectivity index (χ0v) is 10.2. The first-order valence-corrected chi connectivity index (χ1v) is 5.43. The summed E-state index contributed by atoms with van der Waals surface area (Å²) in [6.07, 6.45) is 7.75. The van der Waals surface area contributed by atoms with E-state index in [2.05, 4.69) is 53.0 Å². The molecular formula is C14H24. The summed E-state index contributed by atoms with van der Waals surface area (Å²) in [4.78, 5) is 0. The van der Waals surface area contributed by atoms with E-state index < -0.39 is 0 Å². The molecule has 0 aromatic carbocycles. The molecule has 0 aromatic heterocycles. The molecule has 0 heteroatoms. The lowest BCUT2D eigenvalue weighted by Crippen LogP contribution is -2.05. The maximum absolute atomic E-state index is 4.05. The van der Waals surface area contributed by atoms with Gasteiger partial charge < -0.3 is 0 Å². The number of rotatable bonds is 5. The van der Waals surface area contributed by atoms with Crippen LogP contribution < -0.4 is 0 Å². The second-order valence-electron chi connectivity index (χ2n) is 4.87. The highest BCUT2D eigenvalue weighted by molar-refractivity contribution is 5.27. The van der Waals surface area contributed by atoms with Crippen LogP contribution in [0.15, 0.2) is 36.5 Å². The predicted octanol–water partition coefficient (Wildman–Crippen LogP) is 4.89. The Labute approximate surface area is 89.4 Å². The van der Waals surface area contributed by atoms with E-state index in [9.17, 15) is 0 Å². The fraction of sp³-hybridized carbons (Fsp3) is 0.571. The van der Waals surface area contributed by atoms with E-state index in [1.807, 2.05) is 0 Å². The molecule has 0 atom stereocenters. The SMILES string of the molecule is C=C(C=CC(=C)C(C)(C)C)CCCC. The summed E-state index contributed by atoms with van der Waals surface area (Å²) >= 11 is 0. The molecule has 0 spiro atoms. The highest BCUT2D eigenvalue weighted by Crippen LogP contribution is 2.24. The van der Waals surface area contributed by atoms with Crippen LogP contribution in [0.4, 0.5) is 0 Å². The summed E-state index contributed by atoms with van der Waals surface area (Å²) in [7, 11) is 0. The molecule has 0 saturated carbocycles. The first kappa shape index (κ1) is 13.2. The summed E-state index contributed by atoms with van der Waals surface area (Å²) in [5.41, 5.74) is 2.54. The van der Waals surface area contributed by atoms with E-state index in [-0.39, 0.29) is 5.41 Å². The summed E-state index contributed by atoms with van der Waals surface area (Å²) in [6, 6.07) is 0. The largest absolute Gasteiger partial charge is 0.0958 e. The predicted molar refractivity (Wildman–Crippen MR) is 66.4 cm³/mol. The quantitative estimate of drug-likeness (QED) is 0.544. The van der Waals surface area contributed by atoms with Crippen LogP contribution in [0, 0.1) is 5.41 Å². The summed E-state index contributed by atoms with van der Waals surface area (Å²) in [5.74, 6) is 0. The van der Waals surface area contributed by atoms with Crippen molar-refractivity contribution in [2.45, 2.75) is 47.0 Å². The topological polar surface area (TPSA) is 0 Å². The average Bonchev–Trinajstić information content (AvgIpc) is 2.09. The molecule has 0 N–H and O–H groups in total. The number of unbranched alkanes of at least 4 members (excludes halogenated alkanes) is 1. The van der Waals surface area contributed by atoms with E-state index in [1.54, 1.807) is 0 Å². The molecule has 14 heavy (non-hydrogen) atoms. The third-order valence-electron chi connectivity index (χ3n) is 2.34. The second-order valence-corrected chi connectivity index (χ2v) is 4.87. The number of allylic oxidation sites excluding steroid dienone is 4. The Balaban J connectivity index is 4.05. The Morgan fingerprint density at radius 1 is 1.14 bits per heavy atom. The van der Waals surface area contributed by atoms with Crippen LogP contribution in [0.5, 0.6) is 0 Å². The van der Waals surface area contributed by atoms with Gasteiger partial charge in [0.1, 0.15) is 0 Å². The maximum Gasteiger partial charge on any atom is -0.0138 e. The van der Waals surface area contributed by atoms with Crippen molar-refractivity contribution in [3.63, 3.8) is 0 Å². The smallest absolute Gasteiger partial charge is 0.0138 e. The van der Waals surface area contributed by atoms with Crippen molar-refractivity contribution in [2.24, 2.45) is 5.41 Å². The highest BCUT2D eigenvalue weighted by atomic mass is 14.2. The fourth-order valence-corrected chi connectivity index (χ4v) is 0.956. The first-order valence-electron chi connectivity index (χ1n) is 5.43. The molecule has 0 bridgehead atoms. The number of hydrogen-bond acceptors (Lipinski definition) is 0. The van der Waals surface area contributed by atoms with Gasteiger partial charge in [0.05, 0.1) is 0 Å². The minimum absolute atomic E-state index is 0.168. The molecular weight excluding hydrogens is 168 g/mol. The van der Waals surface area contributed by atoms with Gasteiger partial charge in [0, 0.05) is 0 Å². The van der Waals surface area contributed by atoms with Crippen LogP contribution >= 0.6 is 0 Å². The number of hydrogen-bond donors (Lipinski definition) is 0. The maximum atomic E-state index is 4.05. The summed E-state index contributed by atoms with van der Waals surface area (Å²) in [6.45, 7) is 16.8. The van der Waals surface area contributed by atoms with Crippen molar-refractivity contribution in [2.75, 3.05) is 0 Å². The van der Waals surface area contributed by atoms with Crippen LogP contribution in [-0.4, -0.2) is 0 Å². The molecule has 0 fully saturated rings. The Hall–Kier alpha value is -0.780. The molecule has 0 unspecified atom stereocenters. The monoisotopic (exact) mass is 192 g/mol. The molecule has 0 saturated heterocycles. The molecule has 0 heterocycles. The summed E-state index contributed by atoms with van der Waals surface area (Å²) < 4.78 is 0. The van der Waals surface area contributed by atoms with Gasteiger partial charge in [-0.15, -0.1) is 0 Å². The van der Waals surface area contributed by atoms with Crippen LogP contribution in [0.25, 0.3) is 0 Å². The summed E-state index contributed by atoms with van der Waals surface area (Å²) in [5, 5.41) is 0. The van der Waals surface area contributed by atoms with Crippen molar-refractivity contribution in [3.8, 4) is 0 Å². The average molecular weight is 192 g/mol. The zero-order valence-electron chi connectivity index (χ0n) is 10.2. The Morgan fingerprint density at radius 2 is 1.71 bits per heavy atom. The van der Waals surface area contributed by atoms with Crippen molar-refractivity contribution in [3.05, 3.63) is 36.5 Å². The van der Waals surface area contributed by atoms with Crippen molar-refractivity contribution in [1.29, 1.82) is 0 Å². The van der Waals surface area contributed by atoms with Gasteiger partial charge in [0.15, 0.2) is 0 Å². The van der Waals surface area contributed by atoms with Crippen LogP contribution in [0.2, 0.25) is 0 Å². The fourth-order valence-electron chi connectivity index (χ4n) is 0.956. The van der Waals surface area contributed by atoms with Crippen molar-refractivity contribution < 1.29 is 0 Å². The molecule has 80 valence electrons. The molecule has 0 aliphatic carbocycles. The third kappa shape index (κ3) is 5.80.